The van der Waals surface area contributed by atoms with E-state index in [9.17, 15) is 13.5 Å². The third kappa shape index (κ3) is 4.59. The van der Waals surface area contributed by atoms with Crippen LogP contribution < -0.4 is 14.2 Å². The van der Waals surface area contributed by atoms with E-state index in [1.165, 1.54) is 32.8 Å². The van der Waals surface area contributed by atoms with Gasteiger partial charge in [-0.25, -0.2) is 13.1 Å². The first-order valence-corrected chi connectivity index (χ1v) is 9.36. The number of rotatable bonds is 7. The first-order valence-electron chi connectivity index (χ1n) is 7.87. The Hall–Kier alpha value is -1.31. The van der Waals surface area contributed by atoms with Gasteiger partial charge in [-0.1, -0.05) is 19.3 Å². The third-order valence-electron chi connectivity index (χ3n) is 4.34. The molecule has 7 heteroatoms. The molecule has 1 aliphatic rings. The number of benzene rings is 1. The van der Waals surface area contributed by atoms with Crippen LogP contribution in [0.25, 0.3) is 0 Å². The molecule has 1 saturated carbocycles. The van der Waals surface area contributed by atoms with E-state index in [-0.39, 0.29) is 17.4 Å². The molecule has 1 unspecified atom stereocenters. The van der Waals surface area contributed by atoms with Crippen LogP contribution in [0.3, 0.4) is 0 Å². The van der Waals surface area contributed by atoms with Crippen LogP contribution in [0, 0.1) is 5.92 Å². The van der Waals surface area contributed by atoms with Crippen LogP contribution in [0.15, 0.2) is 23.1 Å². The molecule has 1 fully saturated rings. The molecule has 6 nitrogen and oxygen atoms in total. The van der Waals surface area contributed by atoms with E-state index in [2.05, 4.69) is 4.72 Å². The van der Waals surface area contributed by atoms with Gasteiger partial charge in [-0.3, -0.25) is 0 Å². The minimum absolute atomic E-state index is 0.0291. The summed E-state index contributed by atoms with van der Waals surface area (Å²) in [6.45, 7) is 0.0291. The molecular formula is C16H25NO5S. The molecule has 1 aliphatic carbocycles. The van der Waals surface area contributed by atoms with Crippen LogP contribution in [-0.4, -0.2) is 40.4 Å². The van der Waals surface area contributed by atoms with Crippen molar-refractivity contribution in [1.82, 2.24) is 4.72 Å². The van der Waals surface area contributed by atoms with Gasteiger partial charge in [0.05, 0.1) is 25.2 Å². The number of nitrogens with one attached hydrogen (secondary N) is 1. The fourth-order valence-corrected chi connectivity index (χ4v) is 4.01. The molecule has 0 saturated heterocycles. The molecule has 1 aromatic carbocycles. The van der Waals surface area contributed by atoms with Crippen molar-refractivity contribution in [3.8, 4) is 11.5 Å². The molecule has 0 aromatic heterocycles. The molecule has 2 rings (SSSR count). The Morgan fingerprint density at radius 1 is 1.17 bits per heavy atom. The molecule has 0 heterocycles. The summed E-state index contributed by atoms with van der Waals surface area (Å²) in [5.74, 6) is 0.994. The predicted octanol–water partition coefficient (Wildman–Crippen LogP) is 1.92. The summed E-state index contributed by atoms with van der Waals surface area (Å²) in [5, 5.41) is 10.2. The first-order chi connectivity index (χ1) is 11.0. The van der Waals surface area contributed by atoms with Gasteiger partial charge in [0.1, 0.15) is 0 Å². The largest absolute Gasteiger partial charge is 0.493 e. The van der Waals surface area contributed by atoms with Gasteiger partial charge in [0.2, 0.25) is 10.0 Å². The van der Waals surface area contributed by atoms with Crippen LogP contribution in [-0.2, 0) is 10.0 Å². The van der Waals surface area contributed by atoms with E-state index >= 15 is 0 Å². The quantitative estimate of drug-likeness (QED) is 0.790. The Morgan fingerprint density at radius 3 is 2.43 bits per heavy atom. The number of hydrogen-bond acceptors (Lipinski definition) is 5. The summed E-state index contributed by atoms with van der Waals surface area (Å²) < 4.78 is 37.5. The number of hydrogen-bond donors (Lipinski definition) is 2. The molecule has 1 atom stereocenters. The van der Waals surface area contributed by atoms with Crippen molar-refractivity contribution in [1.29, 1.82) is 0 Å². The SMILES string of the molecule is COc1ccc(S(=O)(=O)NCC(O)C2CCCCC2)cc1OC. The Balaban J connectivity index is 2.03. The molecule has 0 radical (unpaired) electrons. The summed E-state index contributed by atoms with van der Waals surface area (Å²) in [5.41, 5.74) is 0. The average Bonchev–Trinajstić information content (AvgIpc) is 2.59. The highest BCUT2D eigenvalue weighted by Gasteiger charge is 2.24. The fraction of sp³-hybridized carbons (Fsp3) is 0.625. The van der Waals surface area contributed by atoms with Crippen LogP contribution in [0.1, 0.15) is 32.1 Å². The van der Waals surface area contributed by atoms with Gasteiger partial charge in [-0.2, -0.15) is 0 Å². The number of aliphatic hydroxyl groups is 1. The average molecular weight is 343 g/mol. The minimum atomic E-state index is -3.70. The summed E-state index contributed by atoms with van der Waals surface area (Å²) in [6.07, 6.45) is 4.66. The van der Waals surface area contributed by atoms with Crippen molar-refractivity contribution in [2.75, 3.05) is 20.8 Å². The topological polar surface area (TPSA) is 84.9 Å². The van der Waals surface area contributed by atoms with Crippen molar-refractivity contribution >= 4 is 10.0 Å². The van der Waals surface area contributed by atoms with Gasteiger partial charge in [0.25, 0.3) is 0 Å². The van der Waals surface area contributed by atoms with Crippen molar-refractivity contribution in [2.45, 2.75) is 43.1 Å². The predicted molar refractivity (Wildman–Crippen MR) is 87.3 cm³/mol. The normalized spacial score (nSPS) is 17.7. The summed E-state index contributed by atoms with van der Waals surface area (Å²) in [4.78, 5) is 0.0889. The number of sulfonamides is 1. The molecule has 23 heavy (non-hydrogen) atoms. The molecular weight excluding hydrogens is 318 g/mol. The highest BCUT2D eigenvalue weighted by atomic mass is 32.2. The molecule has 0 aliphatic heterocycles. The fourth-order valence-electron chi connectivity index (χ4n) is 2.95. The number of ether oxygens (including phenoxy) is 2. The molecule has 0 bridgehead atoms. The zero-order chi connectivity index (χ0) is 16.9. The Labute approximate surface area is 137 Å². The van der Waals surface area contributed by atoms with Gasteiger partial charge in [0, 0.05) is 12.6 Å². The van der Waals surface area contributed by atoms with Crippen LogP contribution >= 0.6 is 0 Å². The molecule has 2 N–H and O–H groups in total. The lowest BCUT2D eigenvalue weighted by molar-refractivity contribution is 0.0888. The van der Waals surface area contributed by atoms with Crippen LogP contribution in [0.5, 0.6) is 11.5 Å². The van der Waals surface area contributed by atoms with Gasteiger partial charge in [-0.05, 0) is 30.9 Å². The van der Waals surface area contributed by atoms with Crippen LogP contribution in [0.4, 0.5) is 0 Å². The van der Waals surface area contributed by atoms with E-state index in [4.69, 9.17) is 9.47 Å². The second-order valence-corrected chi connectivity index (χ2v) is 7.60. The maximum Gasteiger partial charge on any atom is 0.240 e. The lowest BCUT2D eigenvalue weighted by Crippen LogP contribution is -2.37. The second kappa shape index (κ2) is 7.99. The molecule has 0 spiro atoms. The van der Waals surface area contributed by atoms with E-state index < -0.39 is 16.1 Å². The lowest BCUT2D eigenvalue weighted by atomic mass is 9.85. The zero-order valence-electron chi connectivity index (χ0n) is 13.6. The first kappa shape index (κ1) is 18.0. The summed E-state index contributed by atoms with van der Waals surface area (Å²) in [7, 11) is -0.753. The van der Waals surface area contributed by atoms with Gasteiger partial charge in [0.15, 0.2) is 11.5 Å². The molecule has 0 amide bonds. The standard InChI is InChI=1S/C16H25NO5S/c1-21-15-9-8-13(10-16(15)22-2)23(19,20)17-11-14(18)12-6-4-3-5-7-12/h8-10,12,14,17-18H,3-7,11H2,1-2H3. The van der Waals surface area contributed by atoms with Crippen molar-refractivity contribution in [2.24, 2.45) is 5.92 Å². The van der Waals surface area contributed by atoms with E-state index in [1.807, 2.05) is 0 Å². The van der Waals surface area contributed by atoms with E-state index in [0.717, 1.165) is 25.7 Å². The second-order valence-electron chi connectivity index (χ2n) is 5.83. The monoisotopic (exact) mass is 343 g/mol. The lowest BCUT2D eigenvalue weighted by Gasteiger charge is -2.26. The highest BCUT2D eigenvalue weighted by Crippen LogP contribution is 2.30. The van der Waals surface area contributed by atoms with E-state index in [0.29, 0.717) is 11.5 Å². The molecule has 1 aromatic rings. The Bertz CT molecular complexity index is 611. The van der Waals surface area contributed by atoms with Crippen molar-refractivity contribution in [3.05, 3.63) is 18.2 Å². The van der Waals surface area contributed by atoms with Crippen LogP contribution in [0.2, 0.25) is 0 Å². The van der Waals surface area contributed by atoms with Crippen molar-refractivity contribution < 1.29 is 23.0 Å². The van der Waals surface area contributed by atoms with Crippen molar-refractivity contribution in [3.63, 3.8) is 0 Å². The van der Waals surface area contributed by atoms with Gasteiger partial charge < -0.3 is 14.6 Å². The minimum Gasteiger partial charge on any atom is -0.493 e. The zero-order valence-corrected chi connectivity index (χ0v) is 14.4. The summed E-state index contributed by atoms with van der Waals surface area (Å²) >= 11 is 0. The Morgan fingerprint density at radius 2 is 1.83 bits per heavy atom. The van der Waals surface area contributed by atoms with Gasteiger partial charge >= 0.3 is 0 Å². The highest BCUT2D eigenvalue weighted by molar-refractivity contribution is 7.89. The Kier molecular flexibility index (Phi) is 6.26. The third-order valence-corrected chi connectivity index (χ3v) is 5.76. The smallest absolute Gasteiger partial charge is 0.240 e. The summed E-state index contributed by atoms with van der Waals surface area (Å²) in [6, 6.07) is 4.41. The van der Waals surface area contributed by atoms with E-state index in [1.54, 1.807) is 6.07 Å². The maximum atomic E-state index is 12.4. The molecule has 130 valence electrons. The number of methoxy groups -OCH3 is 2. The maximum absolute atomic E-state index is 12.4. The number of aliphatic hydroxyl groups excluding tert-OH is 1. The van der Waals surface area contributed by atoms with Gasteiger partial charge in [-0.15, -0.1) is 0 Å².